The third-order valence-electron chi connectivity index (χ3n) is 2.27. The van der Waals surface area contributed by atoms with Gasteiger partial charge in [-0.15, -0.1) is 11.3 Å². The molecule has 2 N–H and O–H groups in total. The molecule has 0 spiro atoms. The van der Waals surface area contributed by atoms with Gasteiger partial charge in [0.25, 0.3) is 0 Å². The number of hydrogen-bond donors (Lipinski definition) is 2. The third-order valence-corrected chi connectivity index (χ3v) is 3.25. The number of thiophene rings is 1. The van der Waals surface area contributed by atoms with Crippen LogP contribution in [-0.4, -0.2) is 18.7 Å². The lowest BCUT2D eigenvalue weighted by Crippen LogP contribution is -2.16. The Morgan fingerprint density at radius 2 is 2.21 bits per heavy atom. The van der Waals surface area contributed by atoms with Gasteiger partial charge < -0.3 is 10.4 Å². The highest BCUT2D eigenvalue weighted by Gasteiger charge is 2.11. The predicted octanol–water partition coefficient (Wildman–Crippen LogP) is 2.15. The number of aliphatic hydroxyl groups excluding tert-OH is 1. The summed E-state index contributed by atoms with van der Waals surface area (Å²) in [5.41, 5.74) is 1.03. The van der Waals surface area contributed by atoms with Crippen molar-refractivity contribution in [2.75, 3.05) is 13.6 Å². The van der Waals surface area contributed by atoms with Crippen LogP contribution in [0.5, 0.6) is 0 Å². The van der Waals surface area contributed by atoms with Crippen LogP contribution in [0, 0.1) is 0 Å². The van der Waals surface area contributed by atoms with Crippen LogP contribution < -0.4 is 5.32 Å². The quantitative estimate of drug-likeness (QED) is 0.808. The normalized spacial score (nSPS) is 13.3. The minimum absolute atomic E-state index is 0.406. The highest BCUT2D eigenvalue weighted by atomic mass is 32.1. The summed E-state index contributed by atoms with van der Waals surface area (Å²) < 4.78 is 1.23. The molecule has 14 heavy (non-hydrogen) atoms. The van der Waals surface area contributed by atoms with E-state index < -0.39 is 6.10 Å². The Morgan fingerprint density at radius 3 is 3.00 bits per heavy atom. The third kappa shape index (κ3) is 1.66. The molecule has 0 bridgehead atoms. The van der Waals surface area contributed by atoms with Gasteiger partial charge in [-0.1, -0.05) is 18.2 Å². The molecular formula is C11H13NOS. The van der Waals surface area contributed by atoms with Gasteiger partial charge in [0.15, 0.2) is 0 Å². The molecule has 1 aromatic carbocycles. The molecule has 2 nitrogen and oxygen atoms in total. The molecule has 0 saturated heterocycles. The molecule has 0 fully saturated rings. The molecule has 0 aliphatic heterocycles. The zero-order chi connectivity index (χ0) is 9.97. The molecule has 1 unspecified atom stereocenters. The van der Waals surface area contributed by atoms with Crippen LogP contribution in [0.4, 0.5) is 0 Å². The number of likely N-dealkylation sites (N-methyl/N-ethyl adjacent to an activating group) is 1. The standard InChI is InChI=1S/C11H13NOS/c1-12-6-10(13)9-7-14-11-5-3-2-4-8(9)11/h2-5,7,10,12-13H,6H2,1H3. The van der Waals surface area contributed by atoms with E-state index in [1.54, 1.807) is 11.3 Å². The average molecular weight is 207 g/mol. The van der Waals surface area contributed by atoms with Crippen LogP contribution in [0.3, 0.4) is 0 Å². The maximum atomic E-state index is 9.85. The zero-order valence-corrected chi connectivity index (χ0v) is 8.84. The predicted molar refractivity (Wildman–Crippen MR) is 60.7 cm³/mol. The summed E-state index contributed by atoms with van der Waals surface area (Å²) in [5, 5.41) is 16.0. The first-order valence-electron chi connectivity index (χ1n) is 4.61. The molecule has 0 saturated carbocycles. The van der Waals surface area contributed by atoms with Crippen molar-refractivity contribution >= 4 is 21.4 Å². The molecule has 0 amide bonds. The van der Waals surface area contributed by atoms with Gasteiger partial charge in [-0.25, -0.2) is 0 Å². The zero-order valence-electron chi connectivity index (χ0n) is 8.03. The van der Waals surface area contributed by atoms with E-state index in [-0.39, 0.29) is 0 Å². The Labute approximate surface area is 87.2 Å². The van der Waals surface area contributed by atoms with E-state index in [9.17, 15) is 5.11 Å². The second-order valence-corrected chi connectivity index (χ2v) is 4.17. The smallest absolute Gasteiger partial charge is 0.0928 e. The molecule has 2 rings (SSSR count). The number of fused-ring (bicyclic) bond motifs is 1. The Hall–Kier alpha value is -0.900. The Morgan fingerprint density at radius 1 is 1.43 bits per heavy atom. The summed E-state index contributed by atoms with van der Waals surface area (Å²) in [6.45, 7) is 0.598. The number of rotatable bonds is 3. The van der Waals surface area contributed by atoms with E-state index in [0.717, 1.165) is 5.56 Å². The molecule has 74 valence electrons. The van der Waals surface area contributed by atoms with Gasteiger partial charge >= 0.3 is 0 Å². The lowest BCUT2D eigenvalue weighted by Gasteiger charge is -2.08. The van der Waals surface area contributed by atoms with Gasteiger partial charge in [0.05, 0.1) is 6.10 Å². The van der Waals surface area contributed by atoms with Gasteiger partial charge in [-0.05, 0) is 23.9 Å². The SMILES string of the molecule is CNCC(O)c1csc2ccccc12. The van der Waals surface area contributed by atoms with Crippen molar-refractivity contribution in [3.8, 4) is 0 Å². The van der Waals surface area contributed by atoms with Crippen molar-refractivity contribution in [1.82, 2.24) is 5.32 Å². The van der Waals surface area contributed by atoms with E-state index in [1.165, 1.54) is 10.1 Å². The fraction of sp³-hybridized carbons (Fsp3) is 0.273. The van der Waals surface area contributed by atoms with Crippen molar-refractivity contribution in [2.45, 2.75) is 6.10 Å². The van der Waals surface area contributed by atoms with Gasteiger partial charge in [-0.2, -0.15) is 0 Å². The highest BCUT2D eigenvalue weighted by molar-refractivity contribution is 7.17. The summed E-state index contributed by atoms with van der Waals surface area (Å²) in [6, 6.07) is 8.16. The molecule has 1 atom stereocenters. The first-order valence-corrected chi connectivity index (χ1v) is 5.49. The molecule has 1 heterocycles. The van der Waals surface area contributed by atoms with Crippen molar-refractivity contribution in [2.24, 2.45) is 0 Å². The van der Waals surface area contributed by atoms with E-state index in [0.29, 0.717) is 6.54 Å². The van der Waals surface area contributed by atoms with Crippen LogP contribution in [0.25, 0.3) is 10.1 Å². The van der Waals surface area contributed by atoms with Crippen molar-refractivity contribution in [3.05, 3.63) is 35.2 Å². The Bertz CT molecular complexity index is 424. The van der Waals surface area contributed by atoms with Gasteiger partial charge in [-0.3, -0.25) is 0 Å². The van der Waals surface area contributed by atoms with Gasteiger partial charge in [0, 0.05) is 16.8 Å². The molecule has 1 aromatic heterocycles. The molecule has 0 aliphatic carbocycles. The van der Waals surface area contributed by atoms with Crippen LogP contribution in [0.15, 0.2) is 29.6 Å². The van der Waals surface area contributed by atoms with E-state index in [4.69, 9.17) is 0 Å². The fourth-order valence-electron chi connectivity index (χ4n) is 1.56. The Kier molecular flexibility index (Phi) is 2.82. The van der Waals surface area contributed by atoms with E-state index >= 15 is 0 Å². The largest absolute Gasteiger partial charge is 0.387 e. The topological polar surface area (TPSA) is 32.3 Å². The van der Waals surface area contributed by atoms with Crippen LogP contribution in [0.1, 0.15) is 11.7 Å². The molecular weight excluding hydrogens is 194 g/mol. The van der Waals surface area contributed by atoms with E-state index in [2.05, 4.69) is 17.4 Å². The highest BCUT2D eigenvalue weighted by Crippen LogP contribution is 2.29. The summed E-state index contributed by atoms with van der Waals surface area (Å²) in [7, 11) is 1.85. The van der Waals surface area contributed by atoms with Crippen LogP contribution in [-0.2, 0) is 0 Å². The van der Waals surface area contributed by atoms with Crippen LogP contribution in [0.2, 0.25) is 0 Å². The minimum Gasteiger partial charge on any atom is -0.387 e. The summed E-state index contributed by atoms with van der Waals surface area (Å²) in [4.78, 5) is 0. The maximum Gasteiger partial charge on any atom is 0.0928 e. The monoisotopic (exact) mass is 207 g/mol. The summed E-state index contributed by atoms with van der Waals surface area (Å²) >= 11 is 1.68. The number of hydrogen-bond acceptors (Lipinski definition) is 3. The second kappa shape index (κ2) is 4.09. The first kappa shape index (κ1) is 9.65. The summed E-state index contributed by atoms with van der Waals surface area (Å²) in [6.07, 6.45) is -0.406. The van der Waals surface area contributed by atoms with Crippen molar-refractivity contribution < 1.29 is 5.11 Å². The van der Waals surface area contributed by atoms with Gasteiger partial charge in [0.2, 0.25) is 0 Å². The molecule has 3 heteroatoms. The number of nitrogens with one attached hydrogen (secondary N) is 1. The minimum atomic E-state index is -0.406. The lowest BCUT2D eigenvalue weighted by molar-refractivity contribution is 0.179. The summed E-state index contributed by atoms with van der Waals surface area (Å²) in [5.74, 6) is 0. The number of aliphatic hydroxyl groups is 1. The molecule has 0 radical (unpaired) electrons. The van der Waals surface area contributed by atoms with E-state index in [1.807, 2.05) is 24.6 Å². The average Bonchev–Trinajstić information content (AvgIpc) is 2.61. The molecule has 2 aromatic rings. The maximum absolute atomic E-state index is 9.85. The Balaban J connectivity index is 2.42. The van der Waals surface area contributed by atoms with Crippen molar-refractivity contribution in [1.29, 1.82) is 0 Å². The second-order valence-electron chi connectivity index (χ2n) is 3.26. The molecule has 0 aliphatic rings. The van der Waals surface area contributed by atoms with Crippen LogP contribution >= 0.6 is 11.3 Å². The van der Waals surface area contributed by atoms with Gasteiger partial charge in [0.1, 0.15) is 0 Å². The lowest BCUT2D eigenvalue weighted by atomic mass is 10.1. The first-order chi connectivity index (χ1) is 6.83. The van der Waals surface area contributed by atoms with Crippen molar-refractivity contribution in [3.63, 3.8) is 0 Å². The number of benzene rings is 1. The fourth-order valence-corrected chi connectivity index (χ4v) is 2.57.